The number of ether oxygens (including phenoxy) is 1. The van der Waals surface area contributed by atoms with Gasteiger partial charge in [0.15, 0.2) is 5.82 Å². The zero-order chi connectivity index (χ0) is 13.6. The Bertz CT molecular complexity index is 411. The zero-order valence-electron chi connectivity index (χ0n) is 11.6. The molecule has 0 saturated carbocycles. The number of aromatic nitrogens is 2. The molecular weight excluding hydrogens is 230 g/mol. The van der Waals surface area contributed by atoms with Gasteiger partial charge in [-0.2, -0.15) is 10.2 Å². The van der Waals surface area contributed by atoms with Crippen molar-refractivity contribution in [1.82, 2.24) is 10.1 Å². The number of nitriles is 1. The number of hydrogen-bond acceptors (Lipinski definition) is 5. The summed E-state index contributed by atoms with van der Waals surface area (Å²) < 4.78 is 10.6. The molecule has 2 atom stereocenters. The monoisotopic (exact) mass is 251 g/mol. The number of rotatable bonds is 7. The first kappa shape index (κ1) is 14.7. The SMILES string of the molecule is CCOC(C)c1noc(CC(C)(CC)CC#N)n1. The molecule has 0 aliphatic heterocycles. The van der Waals surface area contributed by atoms with Crippen LogP contribution >= 0.6 is 0 Å². The molecule has 0 amide bonds. The first-order valence-corrected chi connectivity index (χ1v) is 6.35. The van der Waals surface area contributed by atoms with Crippen molar-refractivity contribution < 1.29 is 9.26 Å². The average molecular weight is 251 g/mol. The lowest BCUT2D eigenvalue weighted by atomic mass is 9.81. The van der Waals surface area contributed by atoms with Crippen LogP contribution in [0.15, 0.2) is 4.52 Å². The fourth-order valence-electron chi connectivity index (χ4n) is 1.70. The summed E-state index contributed by atoms with van der Waals surface area (Å²) in [7, 11) is 0. The zero-order valence-corrected chi connectivity index (χ0v) is 11.6. The molecule has 0 N–H and O–H groups in total. The second-order valence-electron chi connectivity index (χ2n) is 4.82. The maximum atomic E-state index is 8.84. The molecule has 0 radical (unpaired) electrons. The van der Waals surface area contributed by atoms with E-state index in [1.165, 1.54) is 0 Å². The highest BCUT2D eigenvalue weighted by molar-refractivity contribution is 4.96. The molecule has 5 nitrogen and oxygen atoms in total. The van der Waals surface area contributed by atoms with Crippen LogP contribution in [0.4, 0.5) is 0 Å². The standard InChI is InChI=1S/C13H21N3O2/c1-5-13(4,7-8-14)9-11-15-12(16-18-11)10(3)17-6-2/h10H,5-7,9H2,1-4H3. The molecule has 1 rings (SSSR count). The Morgan fingerprint density at radius 1 is 1.50 bits per heavy atom. The van der Waals surface area contributed by atoms with Gasteiger partial charge in [-0.1, -0.05) is 19.0 Å². The largest absolute Gasteiger partial charge is 0.371 e. The van der Waals surface area contributed by atoms with Gasteiger partial charge in [-0.3, -0.25) is 0 Å². The van der Waals surface area contributed by atoms with Crippen LogP contribution in [0.5, 0.6) is 0 Å². The van der Waals surface area contributed by atoms with Crippen molar-refractivity contribution in [1.29, 1.82) is 5.26 Å². The van der Waals surface area contributed by atoms with Gasteiger partial charge in [0.1, 0.15) is 6.10 Å². The van der Waals surface area contributed by atoms with E-state index in [0.717, 1.165) is 6.42 Å². The third-order valence-corrected chi connectivity index (χ3v) is 3.20. The lowest BCUT2D eigenvalue weighted by Gasteiger charge is -2.22. The molecule has 0 fully saturated rings. The molecule has 0 aromatic carbocycles. The predicted octanol–water partition coefficient (Wildman–Crippen LogP) is 3.04. The van der Waals surface area contributed by atoms with Crippen LogP contribution in [0.25, 0.3) is 0 Å². The summed E-state index contributed by atoms with van der Waals surface area (Å²) in [6, 6.07) is 2.21. The summed E-state index contributed by atoms with van der Waals surface area (Å²) in [4.78, 5) is 4.33. The van der Waals surface area contributed by atoms with Gasteiger partial charge in [0, 0.05) is 19.4 Å². The van der Waals surface area contributed by atoms with Gasteiger partial charge in [-0.25, -0.2) is 0 Å². The van der Waals surface area contributed by atoms with Crippen LogP contribution in [-0.2, 0) is 11.2 Å². The molecule has 0 aliphatic carbocycles. The number of nitrogens with zero attached hydrogens (tertiary/aromatic N) is 3. The number of hydrogen-bond donors (Lipinski definition) is 0. The van der Waals surface area contributed by atoms with E-state index in [1.807, 2.05) is 13.8 Å². The van der Waals surface area contributed by atoms with Crippen LogP contribution in [0, 0.1) is 16.7 Å². The molecule has 100 valence electrons. The lowest BCUT2D eigenvalue weighted by Crippen LogP contribution is -2.18. The van der Waals surface area contributed by atoms with Crippen molar-refractivity contribution in [3.63, 3.8) is 0 Å². The fraction of sp³-hybridized carbons (Fsp3) is 0.769. The quantitative estimate of drug-likeness (QED) is 0.744. The fourth-order valence-corrected chi connectivity index (χ4v) is 1.70. The maximum absolute atomic E-state index is 8.84. The van der Waals surface area contributed by atoms with Gasteiger partial charge in [-0.15, -0.1) is 0 Å². The van der Waals surface area contributed by atoms with Gasteiger partial charge in [0.2, 0.25) is 5.89 Å². The molecular formula is C13H21N3O2. The van der Waals surface area contributed by atoms with Crippen molar-refractivity contribution in [2.24, 2.45) is 5.41 Å². The first-order chi connectivity index (χ1) is 8.54. The van der Waals surface area contributed by atoms with E-state index in [2.05, 4.69) is 30.1 Å². The summed E-state index contributed by atoms with van der Waals surface area (Å²) in [5, 5.41) is 12.8. The van der Waals surface area contributed by atoms with E-state index in [0.29, 0.717) is 31.2 Å². The highest BCUT2D eigenvalue weighted by Gasteiger charge is 2.26. The van der Waals surface area contributed by atoms with Crippen molar-refractivity contribution in [2.45, 2.75) is 53.1 Å². The lowest BCUT2D eigenvalue weighted by molar-refractivity contribution is 0.0683. The van der Waals surface area contributed by atoms with Gasteiger partial charge in [0.25, 0.3) is 0 Å². The van der Waals surface area contributed by atoms with E-state index < -0.39 is 0 Å². The summed E-state index contributed by atoms with van der Waals surface area (Å²) in [6.07, 6.45) is 1.86. The van der Waals surface area contributed by atoms with Gasteiger partial charge in [-0.05, 0) is 25.7 Å². The maximum Gasteiger partial charge on any atom is 0.227 e. The molecule has 0 saturated heterocycles. The van der Waals surface area contributed by atoms with Crippen LogP contribution in [0.3, 0.4) is 0 Å². The van der Waals surface area contributed by atoms with E-state index >= 15 is 0 Å². The normalized spacial score (nSPS) is 15.9. The Balaban J connectivity index is 2.71. The van der Waals surface area contributed by atoms with Crippen LogP contribution in [0.2, 0.25) is 0 Å². The highest BCUT2D eigenvalue weighted by atomic mass is 16.5. The van der Waals surface area contributed by atoms with Gasteiger partial charge in [0.05, 0.1) is 6.07 Å². The third kappa shape index (κ3) is 3.81. The molecule has 2 unspecified atom stereocenters. The Kier molecular flexibility index (Phi) is 5.29. The molecule has 0 spiro atoms. The predicted molar refractivity (Wildman–Crippen MR) is 66.7 cm³/mol. The summed E-state index contributed by atoms with van der Waals surface area (Å²) >= 11 is 0. The Labute approximate surface area is 108 Å². The van der Waals surface area contributed by atoms with E-state index in [1.54, 1.807) is 0 Å². The highest BCUT2D eigenvalue weighted by Crippen LogP contribution is 2.29. The van der Waals surface area contributed by atoms with Crippen molar-refractivity contribution in [2.75, 3.05) is 6.61 Å². The third-order valence-electron chi connectivity index (χ3n) is 3.20. The Hall–Kier alpha value is -1.41. The molecule has 18 heavy (non-hydrogen) atoms. The molecule has 1 aromatic rings. The minimum absolute atomic E-state index is 0.104. The van der Waals surface area contributed by atoms with E-state index in [9.17, 15) is 0 Å². The van der Waals surface area contributed by atoms with Gasteiger partial charge < -0.3 is 9.26 Å². The molecule has 1 heterocycles. The molecule has 0 bridgehead atoms. The second kappa shape index (κ2) is 6.50. The topological polar surface area (TPSA) is 71.9 Å². The Morgan fingerprint density at radius 2 is 2.22 bits per heavy atom. The van der Waals surface area contributed by atoms with Crippen LogP contribution in [-0.4, -0.2) is 16.7 Å². The molecule has 5 heteroatoms. The smallest absolute Gasteiger partial charge is 0.227 e. The summed E-state index contributed by atoms with van der Waals surface area (Å²) in [6.45, 7) is 8.57. The average Bonchev–Trinajstić information content (AvgIpc) is 2.78. The van der Waals surface area contributed by atoms with Crippen molar-refractivity contribution in [3.05, 3.63) is 11.7 Å². The minimum atomic E-state index is -0.156. The molecule has 0 aliphatic rings. The molecule has 1 aromatic heterocycles. The van der Waals surface area contributed by atoms with Crippen molar-refractivity contribution in [3.8, 4) is 6.07 Å². The Morgan fingerprint density at radius 3 is 2.78 bits per heavy atom. The van der Waals surface area contributed by atoms with E-state index in [4.69, 9.17) is 14.5 Å². The first-order valence-electron chi connectivity index (χ1n) is 6.35. The van der Waals surface area contributed by atoms with Crippen LogP contribution in [0.1, 0.15) is 58.4 Å². The van der Waals surface area contributed by atoms with Crippen LogP contribution < -0.4 is 0 Å². The van der Waals surface area contributed by atoms with Gasteiger partial charge >= 0.3 is 0 Å². The summed E-state index contributed by atoms with van der Waals surface area (Å²) in [5.41, 5.74) is -0.104. The summed E-state index contributed by atoms with van der Waals surface area (Å²) in [5.74, 6) is 1.15. The second-order valence-corrected chi connectivity index (χ2v) is 4.82. The van der Waals surface area contributed by atoms with E-state index in [-0.39, 0.29) is 11.5 Å². The minimum Gasteiger partial charge on any atom is -0.371 e. The van der Waals surface area contributed by atoms with Crippen molar-refractivity contribution >= 4 is 0 Å².